The summed E-state index contributed by atoms with van der Waals surface area (Å²) in [6.07, 6.45) is 5.53. The van der Waals surface area contributed by atoms with E-state index < -0.39 is 22.0 Å². The smallest absolute Gasteiger partial charge is 0.265 e. The van der Waals surface area contributed by atoms with Gasteiger partial charge < -0.3 is 19.3 Å². The van der Waals surface area contributed by atoms with Crippen molar-refractivity contribution >= 4 is 32.9 Å². The number of hydrogen-bond donors (Lipinski definition) is 1. The summed E-state index contributed by atoms with van der Waals surface area (Å²) < 4.78 is 48.4. The number of nitrogens with zero attached hydrogens (tertiary/aromatic N) is 2. The molecule has 0 radical (unpaired) electrons. The second kappa shape index (κ2) is 13.0. The molecule has 0 saturated heterocycles. The molecule has 7 nitrogen and oxygen atoms in total. The molecule has 0 saturated carbocycles. The van der Waals surface area contributed by atoms with Crippen LogP contribution in [0.25, 0.3) is 0 Å². The van der Waals surface area contributed by atoms with Gasteiger partial charge in [0.1, 0.15) is 6.17 Å². The summed E-state index contributed by atoms with van der Waals surface area (Å²) in [5, 5.41) is 0. The monoisotopic (exact) mass is 640 g/mol. The van der Waals surface area contributed by atoms with E-state index in [0.717, 1.165) is 101 Å². The van der Waals surface area contributed by atoms with E-state index in [1.807, 2.05) is 37.3 Å². The molecular formula is C38H44N2O5S. The Balaban J connectivity index is 1.66. The molecule has 4 aromatic carbocycles. The van der Waals surface area contributed by atoms with Gasteiger partial charge in [-0.05, 0) is 105 Å². The van der Waals surface area contributed by atoms with Crippen molar-refractivity contribution in [2.75, 3.05) is 15.6 Å². The number of benzene rings is 4. The van der Waals surface area contributed by atoms with Gasteiger partial charge in [-0.25, -0.2) is 0 Å². The second-order valence-electron chi connectivity index (χ2n) is 12.6. The molecule has 1 N–H and O–H groups in total. The third-order valence-corrected chi connectivity index (χ3v) is 9.74. The van der Waals surface area contributed by atoms with E-state index in [-0.39, 0.29) is 6.42 Å². The fraction of sp³-hybridized carbons (Fsp3) is 0.368. The van der Waals surface area contributed by atoms with Gasteiger partial charge in [0.05, 0.1) is 28.5 Å². The molecule has 2 aliphatic rings. The summed E-state index contributed by atoms with van der Waals surface area (Å²) in [7, 11) is -4.29. The Hall–Kier alpha value is -4.01. The summed E-state index contributed by atoms with van der Waals surface area (Å²) in [6.45, 7) is 10.5. The number of ether oxygens (including phenoxy) is 2. The number of rotatable bonds is 11. The molecule has 1 unspecified atom stereocenters. The number of aryl methyl sites for hydroxylation is 5. The molecule has 4 aromatic rings. The number of anilines is 4. The van der Waals surface area contributed by atoms with Crippen LogP contribution in [0.3, 0.4) is 0 Å². The van der Waals surface area contributed by atoms with E-state index in [4.69, 9.17) is 9.47 Å². The SMILES string of the molecule is CCCCc1ccc2c(c1)N(C(CCS(=O)(=O)O)N1c3cc(C)cc(C)c3Oc3cccc(C)c31)c1c(CCCC)cccc1O2. The highest BCUT2D eigenvalue weighted by atomic mass is 32.2. The van der Waals surface area contributed by atoms with Crippen molar-refractivity contribution in [3.63, 3.8) is 0 Å². The van der Waals surface area contributed by atoms with Crippen LogP contribution in [0.4, 0.5) is 22.7 Å². The first-order chi connectivity index (χ1) is 22.1. The fourth-order valence-electron chi connectivity index (χ4n) is 6.85. The Kier molecular flexibility index (Phi) is 9.03. The van der Waals surface area contributed by atoms with Crippen LogP contribution < -0.4 is 19.3 Å². The molecule has 0 aliphatic carbocycles. The van der Waals surface area contributed by atoms with Crippen molar-refractivity contribution in [3.8, 4) is 23.0 Å². The van der Waals surface area contributed by atoms with Gasteiger partial charge in [0.15, 0.2) is 23.0 Å². The molecule has 0 bridgehead atoms. The lowest BCUT2D eigenvalue weighted by molar-refractivity contribution is 0.445. The van der Waals surface area contributed by atoms with E-state index in [0.29, 0.717) is 5.75 Å². The van der Waals surface area contributed by atoms with Gasteiger partial charge in [-0.1, -0.05) is 63.1 Å². The molecule has 0 spiro atoms. The van der Waals surface area contributed by atoms with Crippen molar-refractivity contribution < 1.29 is 22.4 Å². The quantitative estimate of drug-likeness (QED) is 0.163. The maximum Gasteiger partial charge on any atom is 0.265 e. The van der Waals surface area contributed by atoms with Crippen LogP contribution in [0.1, 0.15) is 73.8 Å². The zero-order chi connectivity index (χ0) is 32.6. The Morgan fingerprint density at radius 1 is 0.739 bits per heavy atom. The molecule has 0 aromatic heterocycles. The molecule has 46 heavy (non-hydrogen) atoms. The minimum Gasteiger partial charge on any atom is -0.453 e. The minimum absolute atomic E-state index is 0.124. The molecule has 6 rings (SSSR count). The highest BCUT2D eigenvalue weighted by Crippen LogP contribution is 2.56. The van der Waals surface area contributed by atoms with E-state index in [9.17, 15) is 13.0 Å². The number of fused-ring (bicyclic) bond motifs is 4. The van der Waals surface area contributed by atoms with Gasteiger partial charge in [-0.3, -0.25) is 4.55 Å². The summed E-state index contributed by atoms with van der Waals surface area (Å²) in [6, 6.07) is 22.8. The number of para-hydroxylation sites is 2. The van der Waals surface area contributed by atoms with Crippen molar-refractivity contribution in [2.45, 2.75) is 85.7 Å². The lowest BCUT2D eigenvalue weighted by atomic mass is 9.98. The third kappa shape index (κ3) is 6.20. The lowest BCUT2D eigenvalue weighted by Crippen LogP contribution is -2.47. The van der Waals surface area contributed by atoms with Gasteiger partial charge in [0.25, 0.3) is 10.1 Å². The highest BCUT2D eigenvalue weighted by Gasteiger charge is 2.40. The largest absolute Gasteiger partial charge is 0.453 e. The van der Waals surface area contributed by atoms with Crippen LogP contribution in [0.2, 0.25) is 0 Å². The van der Waals surface area contributed by atoms with Crippen LogP contribution in [0.15, 0.2) is 66.7 Å². The topological polar surface area (TPSA) is 79.3 Å². The predicted octanol–water partition coefficient (Wildman–Crippen LogP) is 10.1. The van der Waals surface area contributed by atoms with Crippen LogP contribution in [0.5, 0.6) is 23.0 Å². The van der Waals surface area contributed by atoms with Gasteiger partial charge in [0.2, 0.25) is 0 Å². The first-order valence-corrected chi connectivity index (χ1v) is 18.1. The van der Waals surface area contributed by atoms with E-state index in [1.54, 1.807) is 0 Å². The number of hydrogen-bond acceptors (Lipinski definition) is 6. The third-order valence-electron chi connectivity index (χ3n) is 8.99. The molecule has 0 fully saturated rings. The number of unbranched alkanes of at least 4 members (excludes halogenated alkanes) is 2. The predicted molar refractivity (Wildman–Crippen MR) is 186 cm³/mol. The summed E-state index contributed by atoms with van der Waals surface area (Å²) in [5.41, 5.74) is 8.97. The summed E-state index contributed by atoms with van der Waals surface area (Å²) in [4.78, 5) is 4.52. The molecule has 0 amide bonds. The maximum absolute atomic E-state index is 12.5. The lowest BCUT2D eigenvalue weighted by Gasteiger charge is -2.47. The minimum atomic E-state index is -4.29. The van der Waals surface area contributed by atoms with Crippen LogP contribution in [-0.2, 0) is 23.0 Å². The van der Waals surface area contributed by atoms with E-state index in [1.165, 1.54) is 5.56 Å². The Morgan fingerprint density at radius 2 is 1.43 bits per heavy atom. The standard InChI is InChI=1S/C38H44N2O5S/c1-6-8-13-28-18-19-32-30(24-28)39(37-29(14-9-7-2)15-11-17-34(37)44-32)35(20-21-46(41,42)43)40-31-23-25(3)22-27(5)38(31)45-33-16-10-12-26(4)36(33)40/h10-12,15-19,22-24,35H,6-9,13-14,20-21H2,1-5H3,(H,41,42,43). The molecule has 2 aliphatic heterocycles. The van der Waals surface area contributed by atoms with E-state index >= 15 is 0 Å². The van der Waals surface area contributed by atoms with Crippen LogP contribution >= 0.6 is 0 Å². The second-order valence-corrected chi connectivity index (χ2v) is 14.2. The Labute approximate surface area is 273 Å². The molecular weight excluding hydrogens is 596 g/mol. The van der Waals surface area contributed by atoms with Crippen molar-refractivity contribution in [2.24, 2.45) is 0 Å². The van der Waals surface area contributed by atoms with Crippen LogP contribution in [-0.4, -0.2) is 24.9 Å². The average Bonchev–Trinajstić information content (AvgIpc) is 3.01. The molecule has 1 atom stereocenters. The van der Waals surface area contributed by atoms with Crippen molar-refractivity contribution in [1.29, 1.82) is 0 Å². The molecule has 8 heteroatoms. The van der Waals surface area contributed by atoms with Gasteiger partial charge in [0, 0.05) is 6.42 Å². The van der Waals surface area contributed by atoms with Gasteiger partial charge in [-0.15, -0.1) is 0 Å². The summed E-state index contributed by atoms with van der Waals surface area (Å²) in [5.74, 6) is 2.49. The first kappa shape index (κ1) is 32.0. The normalized spacial score (nSPS) is 14.0. The van der Waals surface area contributed by atoms with Gasteiger partial charge in [-0.2, -0.15) is 8.42 Å². The molecule has 2 heterocycles. The maximum atomic E-state index is 12.5. The zero-order valence-corrected chi connectivity index (χ0v) is 28.3. The van der Waals surface area contributed by atoms with Crippen molar-refractivity contribution in [3.05, 3.63) is 94.5 Å². The Morgan fingerprint density at radius 3 is 2.17 bits per heavy atom. The fourth-order valence-corrected chi connectivity index (χ4v) is 7.36. The van der Waals surface area contributed by atoms with E-state index in [2.05, 4.69) is 73.9 Å². The average molecular weight is 641 g/mol. The van der Waals surface area contributed by atoms with Crippen LogP contribution in [0, 0.1) is 20.8 Å². The zero-order valence-electron chi connectivity index (χ0n) is 27.5. The highest BCUT2D eigenvalue weighted by molar-refractivity contribution is 7.85. The summed E-state index contributed by atoms with van der Waals surface area (Å²) >= 11 is 0. The van der Waals surface area contributed by atoms with Gasteiger partial charge >= 0.3 is 0 Å². The Bertz CT molecular complexity index is 1870. The van der Waals surface area contributed by atoms with Crippen molar-refractivity contribution in [1.82, 2.24) is 0 Å². The molecule has 242 valence electrons. The first-order valence-electron chi connectivity index (χ1n) is 16.4.